The van der Waals surface area contributed by atoms with Gasteiger partial charge in [0.2, 0.25) is 0 Å². The first-order chi connectivity index (χ1) is 7.45. The van der Waals surface area contributed by atoms with E-state index in [-0.39, 0.29) is 24.4 Å². The van der Waals surface area contributed by atoms with E-state index in [1.807, 2.05) is 0 Å². The average Bonchev–Trinajstić information content (AvgIpc) is 2.74. The fourth-order valence-electron chi connectivity index (χ4n) is 2.35. The molecule has 0 bridgehead atoms. The largest absolute Gasteiger partial charge is 0.376 e. The molecule has 3 aliphatic rings. The number of ether oxygens (including phenoxy) is 5. The first kappa shape index (κ1) is 9.99. The van der Waals surface area contributed by atoms with Gasteiger partial charge < -0.3 is 23.7 Å². The standard InChI is InChI=1S/C10H16O5/c1-2-12-7(5-11-1)10-9-8(6-15-10)13-3-4-14-9/h7-10H,1-6H2/t7-,8-,9-,10+/m1/s1. The molecule has 3 saturated heterocycles. The van der Waals surface area contributed by atoms with Crippen LogP contribution in [-0.4, -0.2) is 64.1 Å². The van der Waals surface area contributed by atoms with Crippen molar-refractivity contribution in [1.82, 2.24) is 0 Å². The summed E-state index contributed by atoms with van der Waals surface area (Å²) in [5.74, 6) is 0. The summed E-state index contributed by atoms with van der Waals surface area (Å²) in [5.41, 5.74) is 0. The van der Waals surface area contributed by atoms with E-state index < -0.39 is 0 Å². The lowest BCUT2D eigenvalue weighted by atomic mass is 10.1. The number of hydrogen-bond acceptors (Lipinski definition) is 5. The van der Waals surface area contributed by atoms with Crippen LogP contribution in [0.5, 0.6) is 0 Å². The summed E-state index contributed by atoms with van der Waals surface area (Å²) in [6.07, 6.45) is 0.0609. The maximum absolute atomic E-state index is 5.68. The van der Waals surface area contributed by atoms with Crippen LogP contribution in [0.4, 0.5) is 0 Å². The Balaban J connectivity index is 1.65. The highest BCUT2D eigenvalue weighted by Gasteiger charge is 2.45. The lowest BCUT2D eigenvalue weighted by Crippen LogP contribution is -2.49. The molecule has 3 heterocycles. The summed E-state index contributed by atoms with van der Waals surface area (Å²) in [6.45, 7) is 3.83. The Morgan fingerprint density at radius 3 is 2.13 bits per heavy atom. The van der Waals surface area contributed by atoms with Crippen LogP contribution < -0.4 is 0 Å². The Kier molecular flexibility index (Phi) is 2.90. The molecule has 4 atom stereocenters. The van der Waals surface area contributed by atoms with Gasteiger partial charge in [0.15, 0.2) is 0 Å². The minimum Gasteiger partial charge on any atom is -0.376 e. The summed E-state index contributed by atoms with van der Waals surface area (Å²) in [5, 5.41) is 0. The van der Waals surface area contributed by atoms with Gasteiger partial charge in [0.1, 0.15) is 24.4 Å². The molecule has 3 rings (SSSR count). The van der Waals surface area contributed by atoms with Crippen molar-refractivity contribution in [3.8, 4) is 0 Å². The second-order valence-electron chi connectivity index (χ2n) is 4.03. The molecule has 0 saturated carbocycles. The van der Waals surface area contributed by atoms with E-state index >= 15 is 0 Å². The molecule has 5 nitrogen and oxygen atoms in total. The molecular weight excluding hydrogens is 200 g/mol. The second kappa shape index (κ2) is 4.35. The Labute approximate surface area is 88.6 Å². The molecule has 0 N–H and O–H groups in total. The minimum atomic E-state index is -0.0319. The van der Waals surface area contributed by atoms with Crippen LogP contribution in [0.1, 0.15) is 0 Å². The van der Waals surface area contributed by atoms with Crippen molar-refractivity contribution >= 4 is 0 Å². The van der Waals surface area contributed by atoms with Crippen LogP contribution in [0, 0.1) is 0 Å². The normalized spacial score (nSPS) is 46.4. The summed E-state index contributed by atoms with van der Waals surface area (Å²) in [4.78, 5) is 0. The van der Waals surface area contributed by atoms with Crippen molar-refractivity contribution in [3.63, 3.8) is 0 Å². The van der Waals surface area contributed by atoms with Gasteiger partial charge in [-0.05, 0) is 0 Å². The molecule has 86 valence electrons. The first-order valence-corrected chi connectivity index (χ1v) is 5.49. The molecule has 3 fully saturated rings. The van der Waals surface area contributed by atoms with Gasteiger partial charge in [-0.1, -0.05) is 0 Å². The molecule has 0 radical (unpaired) electrons. The molecule has 0 spiro atoms. The molecule has 0 aromatic rings. The second-order valence-corrected chi connectivity index (χ2v) is 4.03. The van der Waals surface area contributed by atoms with Crippen LogP contribution in [0.3, 0.4) is 0 Å². The zero-order chi connectivity index (χ0) is 10.1. The quantitative estimate of drug-likeness (QED) is 0.596. The summed E-state index contributed by atoms with van der Waals surface area (Å²) in [7, 11) is 0. The third kappa shape index (κ3) is 1.90. The van der Waals surface area contributed by atoms with E-state index in [2.05, 4.69) is 0 Å². The van der Waals surface area contributed by atoms with E-state index in [0.717, 1.165) is 0 Å². The van der Waals surface area contributed by atoms with E-state index in [1.54, 1.807) is 0 Å². The van der Waals surface area contributed by atoms with E-state index in [0.29, 0.717) is 39.6 Å². The van der Waals surface area contributed by atoms with Gasteiger partial charge in [-0.2, -0.15) is 0 Å². The molecule has 15 heavy (non-hydrogen) atoms. The van der Waals surface area contributed by atoms with Gasteiger partial charge in [-0.3, -0.25) is 0 Å². The highest BCUT2D eigenvalue weighted by atomic mass is 16.6. The van der Waals surface area contributed by atoms with Gasteiger partial charge in [-0.25, -0.2) is 0 Å². The monoisotopic (exact) mass is 216 g/mol. The Morgan fingerprint density at radius 2 is 1.27 bits per heavy atom. The summed E-state index contributed by atoms with van der Waals surface area (Å²) in [6, 6.07) is 0. The number of rotatable bonds is 1. The molecule has 0 amide bonds. The number of hydrogen-bond donors (Lipinski definition) is 0. The van der Waals surface area contributed by atoms with Crippen molar-refractivity contribution in [2.24, 2.45) is 0 Å². The predicted molar refractivity (Wildman–Crippen MR) is 49.8 cm³/mol. The Bertz CT molecular complexity index is 216. The summed E-state index contributed by atoms with van der Waals surface area (Å²) < 4.78 is 27.9. The van der Waals surface area contributed by atoms with Crippen molar-refractivity contribution in [1.29, 1.82) is 0 Å². The molecular formula is C10H16O5. The van der Waals surface area contributed by atoms with Crippen molar-refractivity contribution in [2.45, 2.75) is 24.4 Å². The molecule has 0 aliphatic carbocycles. The maximum Gasteiger partial charge on any atom is 0.115 e. The van der Waals surface area contributed by atoms with Crippen LogP contribution >= 0.6 is 0 Å². The minimum absolute atomic E-state index is 0.00421. The molecule has 0 aromatic heterocycles. The summed E-state index contributed by atoms with van der Waals surface area (Å²) >= 11 is 0. The Morgan fingerprint density at radius 1 is 0.600 bits per heavy atom. The van der Waals surface area contributed by atoms with E-state index in [1.165, 1.54) is 0 Å². The van der Waals surface area contributed by atoms with Gasteiger partial charge in [0.25, 0.3) is 0 Å². The van der Waals surface area contributed by atoms with Crippen molar-refractivity contribution < 1.29 is 23.7 Å². The number of fused-ring (bicyclic) bond motifs is 1. The fourth-order valence-corrected chi connectivity index (χ4v) is 2.35. The fraction of sp³-hybridized carbons (Fsp3) is 1.00. The van der Waals surface area contributed by atoms with Gasteiger partial charge in [0, 0.05) is 0 Å². The topological polar surface area (TPSA) is 46.2 Å². The lowest BCUT2D eigenvalue weighted by Gasteiger charge is -2.33. The maximum atomic E-state index is 5.68. The highest BCUT2D eigenvalue weighted by molar-refractivity contribution is 4.92. The Hall–Kier alpha value is -0.200. The van der Waals surface area contributed by atoms with E-state index in [4.69, 9.17) is 23.7 Å². The molecule has 5 heteroatoms. The highest BCUT2D eigenvalue weighted by Crippen LogP contribution is 2.27. The van der Waals surface area contributed by atoms with Crippen LogP contribution in [0.15, 0.2) is 0 Å². The van der Waals surface area contributed by atoms with E-state index in [9.17, 15) is 0 Å². The van der Waals surface area contributed by atoms with Crippen molar-refractivity contribution in [3.05, 3.63) is 0 Å². The van der Waals surface area contributed by atoms with Crippen LogP contribution in [0.2, 0.25) is 0 Å². The average molecular weight is 216 g/mol. The molecule has 3 aliphatic heterocycles. The van der Waals surface area contributed by atoms with Gasteiger partial charge >= 0.3 is 0 Å². The van der Waals surface area contributed by atoms with Crippen LogP contribution in [-0.2, 0) is 23.7 Å². The molecule has 0 unspecified atom stereocenters. The van der Waals surface area contributed by atoms with Gasteiger partial charge in [0.05, 0.1) is 39.6 Å². The van der Waals surface area contributed by atoms with Gasteiger partial charge in [-0.15, -0.1) is 0 Å². The zero-order valence-electron chi connectivity index (χ0n) is 8.59. The van der Waals surface area contributed by atoms with Crippen LogP contribution in [0.25, 0.3) is 0 Å². The third-order valence-corrected chi connectivity index (χ3v) is 3.08. The smallest absolute Gasteiger partial charge is 0.115 e. The SMILES string of the molecule is C1CO[C@@H]([C@@H]2OC[C@H]3OCCO[C@@H]23)CO1. The third-order valence-electron chi connectivity index (χ3n) is 3.08. The predicted octanol–water partition coefficient (Wildman–Crippen LogP) is -0.415. The zero-order valence-corrected chi connectivity index (χ0v) is 8.59. The lowest BCUT2D eigenvalue weighted by molar-refractivity contribution is -0.176. The molecule has 0 aromatic carbocycles. The van der Waals surface area contributed by atoms with Crippen molar-refractivity contribution in [2.75, 3.05) is 39.6 Å². The first-order valence-electron chi connectivity index (χ1n) is 5.49.